The van der Waals surface area contributed by atoms with Gasteiger partial charge in [-0.2, -0.15) is 8.78 Å². The smallest absolute Gasteiger partial charge is 0.387 e. The summed E-state index contributed by atoms with van der Waals surface area (Å²) in [6.45, 7) is -3.00. The number of fused-ring (bicyclic) bond motifs is 1. The van der Waals surface area contributed by atoms with Crippen molar-refractivity contribution in [3.05, 3.63) is 53.1 Å². The summed E-state index contributed by atoms with van der Waals surface area (Å²) in [6, 6.07) is 4.77. The molecule has 2 amide bonds. The second-order valence-electron chi connectivity index (χ2n) is 9.32. The van der Waals surface area contributed by atoms with Crippen molar-refractivity contribution in [2.75, 3.05) is 30.6 Å². The maximum atomic E-state index is 14.7. The minimum atomic E-state index is -3.05. The van der Waals surface area contributed by atoms with Crippen LogP contribution in [0.3, 0.4) is 0 Å². The van der Waals surface area contributed by atoms with Gasteiger partial charge in [0, 0.05) is 25.1 Å². The number of carboxylic acids is 1. The van der Waals surface area contributed by atoms with Gasteiger partial charge in [-0.15, -0.1) is 0 Å². The topological polar surface area (TPSA) is 95.9 Å². The monoisotopic (exact) mass is 544 g/mol. The zero-order valence-electron chi connectivity index (χ0n) is 20.5. The van der Waals surface area contributed by atoms with E-state index in [0.29, 0.717) is 11.1 Å². The van der Waals surface area contributed by atoms with E-state index in [1.807, 2.05) is 0 Å². The van der Waals surface area contributed by atoms with Crippen molar-refractivity contribution in [3.63, 3.8) is 0 Å². The Hall–Kier alpha value is -3.28. The number of amides is 2. The number of alkyl halides is 2. The lowest BCUT2D eigenvalue weighted by molar-refractivity contribution is -0.140. The number of benzene rings is 2. The fourth-order valence-electron chi connectivity index (χ4n) is 4.29. The molecule has 12 heteroatoms. The molecule has 3 rings (SSSR count). The number of carbonyl (C=O) groups excluding carboxylic acids is 2. The Labute approximate surface area is 213 Å². The molecule has 0 saturated carbocycles. The van der Waals surface area contributed by atoms with Gasteiger partial charge in [-0.3, -0.25) is 14.4 Å². The standard InChI is InChI=1S/C25H28F4N2O5S/c1-37(2,3)23-18(26)12-15(13-19(23)27)30-24(35)22-17-8-7-16(36-25(28)29)11-14(17)9-10-31(22)20(32)5-4-6-21(33)34/h7-8,11-13,22,25H,4-6,9-10H2,1-3H3,(H,30,35)(H,33,34)/t22-/m1/s1. The fourth-order valence-corrected chi connectivity index (χ4v) is 5.58. The summed E-state index contributed by atoms with van der Waals surface area (Å²) >= 11 is 0. The van der Waals surface area contributed by atoms with Crippen molar-refractivity contribution < 1.29 is 41.8 Å². The van der Waals surface area contributed by atoms with Gasteiger partial charge in [0.15, 0.2) is 0 Å². The SMILES string of the molecule is CS(C)(C)c1c(F)cc(NC(=O)[C@H]2c3ccc(OC(F)F)cc3CCN2C(=O)CCCC(=O)O)cc1F. The van der Waals surface area contributed by atoms with Crippen molar-refractivity contribution in [1.29, 1.82) is 0 Å². The van der Waals surface area contributed by atoms with E-state index in [4.69, 9.17) is 5.11 Å². The second kappa shape index (κ2) is 11.4. The predicted molar refractivity (Wildman–Crippen MR) is 131 cm³/mol. The second-order valence-corrected chi connectivity index (χ2v) is 13.4. The summed E-state index contributed by atoms with van der Waals surface area (Å²) in [7, 11) is -1.74. The Morgan fingerprint density at radius 2 is 1.76 bits per heavy atom. The van der Waals surface area contributed by atoms with Crippen LogP contribution in [0.1, 0.15) is 36.4 Å². The molecule has 0 aliphatic carbocycles. The van der Waals surface area contributed by atoms with Crippen molar-refractivity contribution in [3.8, 4) is 5.75 Å². The maximum absolute atomic E-state index is 14.7. The zero-order valence-corrected chi connectivity index (χ0v) is 21.3. The van der Waals surface area contributed by atoms with Crippen LogP contribution in [0.2, 0.25) is 0 Å². The summed E-state index contributed by atoms with van der Waals surface area (Å²) in [6.07, 6.45) is 5.10. The first-order chi connectivity index (χ1) is 17.3. The van der Waals surface area contributed by atoms with E-state index in [1.165, 1.54) is 23.1 Å². The highest BCUT2D eigenvalue weighted by Gasteiger charge is 2.36. The highest BCUT2D eigenvalue weighted by atomic mass is 32.3. The lowest BCUT2D eigenvalue weighted by Crippen LogP contribution is -2.45. The zero-order chi connectivity index (χ0) is 27.5. The van der Waals surface area contributed by atoms with Gasteiger partial charge < -0.3 is 20.1 Å². The molecular formula is C25H28F4N2O5S. The molecule has 0 aromatic heterocycles. The van der Waals surface area contributed by atoms with E-state index in [0.717, 1.165) is 12.1 Å². The first-order valence-electron chi connectivity index (χ1n) is 11.3. The minimum absolute atomic E-state index is 0.0458. The Morgan fingerprint density at radius 1 is 1.11 bits per heavy atom. The summed E-state index contributed by atoms with van der Waals surface area (Å²) < 4.78 is 59.3. The van der Waals surface area contributed by atoms with Crippen molar-refractivity contribution >= 4 is 33.5 Å². The molecular weight excluding hydrogens is 516 g/mol. The number of nitrogens with zero attached hydrogens (tertiary/aromatic N) is 1. The van der Waals surface area contributed by atoms with Gasteiger partial charge in [0.2, 0.25) is 5.91 Å². The Bertz CT molecular complexity index is 1180. The van der Waals surface area contributed by atoms with Crippen LogP contribution >= 0.6 is 10.0 Å². The first kappa shape index (κ1) is 28.3. The van der Waals surface area contributed by atoms with E-state index in [2.05, 4.69) is 10.1 Å². The Morgan fingerprint density at radius 3 is 2.32 bits per heavy atom. The van der Waals surface area contributed by atoms with Crippen LogP contribution in [-0.4, -0.2) is 59.7 Å². The molecule has 0 fully saturated rings. The van der Waals surface area contributed by atoms with E-state index in [9.17, 15) is 31.9 Å². The van der Waals surface area contributed by atoms with Gasteiger partial charge in [-0.1, -0.05) is 6.07 Å². The van der Waals surface area contributed by atoms with E-state index < -0.39 is 52.1 Å². The third kappa shape index (κ3) is 6.94. The summed E-state index contributed by atoms with van der Waals surface area (Å²) in [4.78, 5) is 38.4. The molecule has 2 aromatic rings. The molecule has 1 aliphatic heterocycles. The van der Waals surface area contributed by atoms with Crippen LogP contribution in [0.4, 0.5) is 23.2 Å². The molecule has 1 aliphatic rings. The number of aliphatic carboxylic acids is 1. The summed E-state index contributed by atoms with van der Waals surface area (Å²) in [5.74, 6) is -4.04. The van der Waals surface area contributed by atoms with E-state index in [1.54, 1.807) is 18.8 Å². The summed E-state index contributed by atoms with van der Waals surface area (Å²) in [5.41, 5.74) is 0.695. The van der Waals surface area contributed by atoms with Crippen LogP contribution in [0.15, 0.2) is 35.2 Å². The molecule has 2 N–H and O–H groups in total. The van der Waals surface area contributed by atoms with Gasteiger partial charge in [-0.25, -0.2) is 18.8 Å². The van der Waals surface area contributed by atoms with E-state index >= 15 is 0 Å². The average Bonchev–Trinajstić information content (AvgIpc) is 2.75. The number of hydrogen-bond acceptors (Lipinski definition) is 4. The largest absolute Gasteiger partial charge is 0.481 e. The molecule has 7 nitrogen and oxygen atoms in total. The molecule has 1 heterocycles. The number of hydrogen-bond donors (Lipinski definition) is 2. The average molecular weight is 545 g/mol. The lowest BCUT2D eigenvalue weighted by Gasteiger charge is -2.36. The molecule has 0 unspecified atom stereocenters. The van der Waals surface area contributed by atoms with Crippen LogP contribution in [0.5, 0.6) is 5.75 Å². The van der Waals surface area contributed by atoms with Gasteiger partial charge in [0.1, 0.15) is 23.4 Å². The number of nitrogens with one attached hydrogen (secondary N) is 1. The quantitative estimate of drug-likeness (QED) is 0.436. The first-order valence-corrected chi connectivity index (χ1v) is 14.2. The highest BCUT2D eigenvalue weighted by molar-refractivity contribution is 8.32. The molecule has 1 atom stereocenters. The van der Waals surface area contributed by atoms with Crippen LogP contribution in [0, 0.1) is 11.6 Å². The van der Waals surface area contributed by atoms with Crippen LogP contribution < -0.4 is 10.1 Å². The number of halogens is 4. The number of carbonyl (C=O) groups is 3. The van der Waals surface area contributed by atoms with Gasteiger partial charge >= 0.3 is 12.6 Å². The third-order valence-electron chi connectivity index (χ3n) is 5.80. The normalized spacial score (nSPS) is 15.8. The van der Waals surface area contributed by atoms with Crippen molar-refractivity contribution in [2.24, 2.45) is 0 Å². The van der Waals surface area contributed by atoms with Gasteiger partial charge in [0.05, 0.1) is 4.90 Å². The molecule has 0 bridgehead atoms. The molecule has 0 spiro atoms. The summed E-state index contributed by atoms with van der Waals surface area (Å²) in [5, 5.41) is 11.3. The molecule has 37 heavy (non-hydrogen) atoms. The van der Waals surface area contributed by atoms with Crippen molar-refractivity contribution in [2.45, 2.75) is 43.2 Å². The maximum Gasteiger partial charge on any atom is 0.387 e. The fraction of sp³-hybridized carbons (Fsp3) is 0.400. The molecule has 0 radical (unpaired) electrons. The Balaban J connectivity index is 1.94. The van der Waals surface area contributed by atoms with Crippen molar-refractivity contribution in [1.82, 2.24) is 4.90 Å². The van der Waals surface area contributed by atoms with E-state index in [-0.39, 0.29) is 48.6 Å². The number of anilines is 1. The predicted octanol–water partition coefficient (Wildman–Crippen LogP) is 4.94. The minimum Gasteiger partial charge on any atom is -0.481 e. The lowest BCUT2D eigenvalue weighted by atomic mass is 9.91. The Kier molecular flexibility index (Phi) is 8.72. The molecule has 202 valence electrons. The van der Waals surface area contributed by atoms with Gasteiger partial charge in [-0.05, 0) is 67.0 Å². The van der Waals surface area contributed by atoms with Gasteiger partial charge in [0.25, 0.3) is 5.91 Å². The number of rotatable bonds is 9. The number of carboxylic acid groups (broad SMARTS) is 1. The van der Waals surface area contributed by atoms with Crippen LogP contribution in [0.25, 0.3) is 0 Å². The highest BCUT2D eigenvalue weighted by Crippen LogP contribution is 2.48. The number of ether oxygens (including phenoxy) is 1. The molecule has 2 aromatic carbocycles. The third-order valence-corrected chi connectivity index (χ3v) is 7.41. The molecule has 0 saturated heterocycles. The van der Waals surface area contributed by atoms with Crippen LogP contribution in [-0.2, 0) is 20.8 Å².